The number of nitrogens with one attached hydrogen (secondary N) is 1. The van der Waals surface area contributed by atoms with E-state index in [1.54, 1.807) is 42.7 Å². The van der Waals surface area contributed by atoms with Crippen molar-refractivity contribution in [2.45, 2.75) is 11.8 Å². The molecule has 0 atom stereocenters. The third-order valence-electron chi connectivity index (χ3n) is 3.75. The zero-order valence-corrected chi connectivity index (χ0v) is 16.2. The van der Waals surface area contributed by atoms with E-state index in [4.69, 9.17) is 8.92 Å². The summed E-state index contributed by atoms with van der Waals surface area (Å²) in [5, 5.41) is 4.10. The normalized spacial score (nSPS) is 11.4. The number of rotatable bonds is 7. The first-order valence-electron chi connectivity index (χ1n) is 8.37. The monoisotopic (exact) mass is 397 g/mol. The van der Waals surface area contributed by atoms with E-state index in [0.717, 1.165) is 5.56 Å². The van der Waals surface area contributed by atoms with Gasteiger partial charge in [0.05, 0.1) is 13.3 Å². The third kappa shape index (κ3) is 4.86. The highest BCUT2D eigenvalue weighted by molar-refractivity contribution is 7.87. The minimum Gasteiger partial charge on any atom is -0.493 e. The summed E-state index contributed by atoms with van der Waals surface area (Å²) in [5.41, 5.74) is 4.45. The molecule has 0 aliphatic carbocycles. The van der Waals surface area contributed by atoms with Crippen molar-refractivity contribution in [3.63, 3.8) is 0 Å². The summed E-state index contributed by atoms with van der Waals surface area (Å²) in [6.07, 6.45) is 3.22. The standard InChI is InChI=1S/C20H19N3O4S/c1-15-6-9-17(10-7-15)28(24,25)27-18-11-8-16(13-19(18)26-2)14-22-23-20-5-3-4-12-21-20/h3-14H,1-2H3,(H,21,23). The van der Waals surface area contributed by atoms with Gasteiger partial charge in [-0.2, -0.15) is 13.5 Å². The van der Waals surface area contributed by atoms with Gasteiger partial charge in [0.1, 0.15) is 10.7 Å². The Bertz CT molecular complexity index is 1070. The molecule has 3 aromatic rings. The average Bonchev–Trinajstić information content (AvgIpc) is 2.70. The number of methoxy groups -OCH3 is 1. The minimum atomic E-state index is -3.96. The fourth-order valence-corrected chi connectivity index (χ4v) is 3.25. The molecule has 2 aromatic carbocycles. The fraction of sp³-hybridized carbons (Fsp3) is 0.100. The Kier molecular flexibility index (Phi) is 5.90. The van der Waals surface area contributed by atoms with Gasteiger partial charge < -0.3 is 8.92 Å². The highest BCUT2D eigenvalue weighted by atomic mass is 32.2. The Balaban J connectivity index is 1.76. The first kappa shape index (κ1) is 19.4. The lowest BCUT2D eigenvalue weighted by molar-refractivity contribution is 0.390. The number of hydrazone groups is 1. The molecule has 1 heterocycles. The Morgan fingerprint density at radius 1 is 1.04 bits per heavy atom. The average molecular weight is 397 g/mol. The van der Waals surface area contributed by atoms with Crippen LogP contribution in [0.1, 0.15) is 11.1 Å². The van der Waals surface area contributed by atoms with Crippen molar-refractivity contribution < 1.29 is 17.3 Å². The Morgan fingerprint density at radius 3 is 2.50 bits per heavy atom. The van der Waals surface area contributed by atoms with Crippen molar-refractivity contribution in [2.24, 2.45) is 5.10 Å². The first-order chi connectivity index (χ1) is 13.5. The molecule has 8 heteroatoms. The third-order valence-corrected chi connectivity index (χ3v) is 5.00. The van der Waals surface area contributed by atoms with E-state index >= 15 is 0 Å². The number of anilines is 1. The maximum atomic E-state index is 12.5. The van der Waals surface area contributed by atoms with Gasteiger partial charge in [0, 0.05) is 6.20 Å². The second-order valence-electron chi connectivity index (χ2n) is 5.85. The molecule has 0 bridgehead atoms. The zero-order chi connectivity index (χ0) is 20.0. The van der Waals surface area contributed by atoms with Gasteiger partial charge in [-0.05, 0) is 55.0 Å². The molecular formula is C20H19N3O4S. The van der Waals surface area contributed by atoms with Gasteiger partial charge in [-0.3, -0.25) is 5.43 Å². The van der Waals surface area contributed by atoms with Crippen LogP contribution in [0, 0.1) is 6.92 Å². The number of hydrogen-bond acceptors (Lipinski definition) is 7. The van der Waals surface area contributed by atoms with E-state index in [0.29, 0.717) is 11.4 Å². The molecule has 1 aromatic heterocycles. The lowest BCUT2D eigenvalue weighted by Gasteiger charge is -2.11. The van der Waals surface area contributed by atoms with Crippen molar-refractivity contribution >= 4 is 22.2 Å². The number of benzene rings is 2. The summed E-state index contributed by atoms with van der Waals surface area (Å²) >= 11 is 0. The van der Waals surface area contributed by atoms with Crippen molar-refractivity contribution in [2.75, 3.05) is 12.5 Å². The summed E-state index contributed by atoms with van der Waals surface area (Å²) in [7, 11) is -2.52. The maximum absolute atomic E-state index is 12.5. The first-order valence-corrected chi connectivity index (χ1v) is 9.78. The molecule has 28 heavy (non-hydrogen) atoms. The van der Waals surface area contributed by atoms with Crippen LogP contribution >= 0.6 is 0 Å². The fourth-order valence-electron chi connectivity index (χ4n) is 2.31. The van der Waals surface area contributed by atoms with Crippen LogP contribution in [0.3, 0.4) is 0 Å². The number of aryl methyl sites for hydroxylation is 1. The SMILES string of the molecule is COc1cc(C=NNc2ccccn2)ccc1OS(=O)(=O)c1ccc(C)cc1. The van der Waals surface area contributed by atoms with Crippen LogP contribution in [0.2, 0.25) is 0 Å². The summed E-state index contributed by atoms with van der Waals surface area (Å²) in [5.74, 6) is 0.977. The van der Waals surface area contributed by atoms with E-state index in [9.17, 15) is 8.42 Å². The second kappa shape index (κ2) is 8.53. The number of nitrogens with zero attached hydrogens (tertiary/aromatic N) is 2. The predicted molar refractivity (Wildman–Crippen MR) is 107 cm³/mol. The van der Waals surface area contributed by atoms with Crippen molar-refractivity contribution in [3.8, 4) is 11.5 Å². The van der Waals surface area contributed by atoms with Gasteiger partial charge >= 0.3 is 10.1 Å². The minimum absolute atomic E-state index is 0.0744. The van der Waals surface area contributed by atoms with Crippen LogP contribution in [0.25, 0.3) is 0 Å². The molecule has 3 rings (SSSR count). The molecule has 0 fully saturated rings. The predicted octanol–water partition coefficient (Wildman–Crippen LogP) is 3.61. The van der Waals surface area contributed by atoms with E-state index in [1.165, 1.54) is 25.3 Å². The van der Waals surface area contributed by atoms with E-state index in [-0.39, 0.29) is 16.4 Å². The van der Waals surface area contributed by atoms with Crippen molar-refractivity contribution in [3.05, 3.63) is 78.0 Å². The molecule has 0 aliphatic heterocycles. The smallest absolute Gasteiger partial charge is 0.339 e. The highest BCUT2D eigenvalue weighted by Gasteiger charge is 2.19. The topological polar surface area (TPSA) is 89.9 Å². The quantitative estimate of drug-likeness (QED) is 0.372. The van der Waals surface area contributed by atoms with E-state index in [2.05, 4.69) is 15.5 Å². The van der Waals surface area contributed by atoms with Crippen LogP contribution in [0.15, 0.2) is 76.9 Å². The van der Waals surface area contributed by atoms with Gasteiger partial charge in [-0.25, -0.2) is 4.98 Å². The Labute approximate surface area is 163 Å². The molecule has 0 radical (unpaired) electrons. The maximum Gasteiger partial charge on any atom is 0.339 e. The molecule has 0 saturated carbocycles. The van der Waals surface area contributed by atoms with Crippen LogP contribution in [0.4, 0.5) is 5.82 Å². The van der Waals surface area contributed by atoms with Gasteiger partial charge in [0.25, 0.3) is 0 Å². The zero-order valence-electron chi connectivity index (χ0n) is 15.4. The molecule has 7 nitrogen and oxygen atoms in total. The van der Waals surface area contributed by atoms with Crippen LogP contribution in [0.5, 0.6) is 11.5 Å². The highest BCUT2D eigenvalue weighted by Crippen LogP contribution is 2.30. The largest absolute Gasteiger partial charge is 0.493 e. The van der Waals surface area contributed by atoms with E-state index < -0.39 is 10.1 Å². The summed E-state index contributed by atoms with van der Waals surface area (Å²) in [4.78, 5) is 4.17. The van der Waals surface area contributed by atoms with Gasteiger partial charge in [-0.15, -0.1) is 0 Å². The van der Waals surface area contributed by atoms with Gasteiger partial charge in [-0.1, -0.05) is 23.8 Å². The molecule has 0 amide bonds. The van der Waals surface area contributed by atoms with Crippen LogP contribution in [-0.2, 0) is 10.1 Å². The van der Waals surface area contributed by atoms with Crippen molar-refractivity contribution in [1.82, 2.24) is 4.98 Å². The summed E-state index contributed by atoms with van der Waals surface area (Å²) in [6, 6.07) is 16.7. The lowest BCUT2D eigenvalue weighted by Crippen LogP contribution is -2.10. The van der Waals surface area contributed by atoms with Crippen LogP contribution < -0.4 is 14.3 Å². The van der Waals surface area contributed by atoms with E-state index in [1.807, 2.05) is 19.1 Å². The summed E-state index contributed by atoms with van der Waals surface area (Å²) < 4.78 is 35.5. The molecule has 0 unspecified atom stereocenters. The molecule has 0 spiro atoms. The van der Waals surface area contributed by atoms with Crippen LogP contribution in [-0.4, -0.2) is 26.7 Å². The molecule has 144 valence electrons. The molecule has 0 aliphatic rings. The van der Waals surface area contributed by atoms with Crippen molar-refractivity contribution in [1.29, 1.82) is 0 Å². The Hall–Kier alpha value is -3.39. The lowest BCUT2D eigenvalue weighted by atomic mass is 10.2. The van der Waals surface area contributed by atoms with Gasteiger partial charge in [0.15, 0.2) is 11.5 Å². The van der Waals surface area contributed by atoms with Gasteiger partial charge in [0.2, 0.25) is 0 Å². The molecular weight excluding hydrogens is 378 g/mol. The Morgan fingerprint density at radius 2 is 1.82 bits per heavy atom. The molecule has 1 N–H and O–H groups in total. The number of ether oxygens (including phenoxy) is 1. The summed E-state index contributed by atoms with van der Waals surface area (Å²) in [6.45, 7) is 1.88. The number of pyridine rings is 1. The second-order valence-corrected chi connectivity index (χ2v) is 7.39. The number of aromatic nitrogens is 1. The molecule has 0 saturated heterocycles. The number of hydrogen-bond donors (Lipinski definition) is 1.